The van der Waals surface area contributed by atoms with Crippen LogP contribution in [0.5, 0.6) is 0 Å². The molecule has 9 heteroatoms. The Bertz CT molecular complexity index is 689. The minimum absolute atomic E-state index is 0.0396. The summed E-state index contributed by atoms with van der Waals surface area (Å²) in [5, 5.41) is 14.1. The van der Waals surface area contributed by atoms with Crippen LogP contribution in [-0.4, -0.2) is 26.1 Å². The van der Waals surface area contributed by atoms with Gasteiger partial charge in [0.1, 0.15) is 0 Å². The Labute approximate surface area is 133 Å². The van der Waals surface area contributed by atoms with E-state index in [-0.39, 0.29) is 17.3 Å². The molecule has 1 amide bonds. The summed E-state index contributed by atoms with van der Waals surface area (Å²) in [6.07, 6.45) is 3.46. The highest BCUT2D eigenvalue weighted by atomic mass is 79.9. The number of imidazole rings is 1. The van der Waals surface area contributed by atoms with E-state index in [2.05, 4.69) is 26.2 Å². The lowest BCUT2D eigenvalue weighted by Gasteiger charge is -2.07. The average Bonchev–Trinajstić information content (AvgIpc) is 2.84. The highest BCUT2D eigenvalue weighted by Crippen LogP contribution is 2.27. The zero-order chi connectivity index (χ0) is 15.4. The van der Waals surface area contributed by atoms with Crippen LogP contribution < -0.4 is 5.32 Å². The Morgan fingerprint density at radius 3 is 2.90 bits per heavy atom. The van der Waals surface area contributed by atoms with Crippen molar-refractivity contribution in [2.45, 2.75) is 5.16 Å². The van der Waals surface area contributed by atoms with Crippen molar-refractivity contribution >= 4 is 45.0 Å². The quantitative estimate of drug-likeness (QED) is 0.496. The van der Waals surface area contributed by atoms with E-state index in [1.165, 1.54) is 30.0 Å². The number of amides is 1. The predicted molar refractivity (Wildman–Crippen MR) is 83.4 cm³/mol. The molecule has 0 saturated carbocycles. The smallest absolute Gasteiger partial charge is 0.270 e. The van der Waals surface area contributed by atoms with Crippen LogP contribution in [0, 0.1) is 10.1 Å². The number of benzene rings is 1. The minimum atomic E-state index is -0.493. The first-order valence-corrected chi connectivity index (χ1v) is 7.59. The summed E-state index contributed by atoms with van der Waals surface area (Å²) in [4.78, 5) is 26.1. The van der Waals surface area contributed by atoms with Crippen LogP contribution in [-0.2, 0) is 11.8 Å². The molecular weight excluding hydrogens is 360 g/mol. The van der Waals surface area contributed by atoms with Gasteiger partial charge in [-0.15, -0.1) is 0 Å². The Kier molecular flexibility index (Phi) is 4.97. The van der Waals surface area contributed by atoms with Crippen molar-refractivity contribution in [2.24, 2.45) is 7.05 Å². The van der Waals surface area contributed by atoms with Crippen molar-refractivity contribution in [3.63, 3.8) is 0 Å². The summed E-state index contributed by atoms with van der Waals surface area (Å²) in [6, 6.07) is 4.18. The van der Waals surface area contributed by atoms with Gasteiger partial charge in [-0.3, -0.25) is 14.9 Å². The van der Waals surface area contributed by atoms with E-state index < -0.39 is 4.92 Å². The fraction of sp³-hybridized carbons (Fsp3) is 0.167. The number of nitrogens with one attached hydrogen (secondary N) is 1. The number of carbonyl (C=O) groups excluding carboxylic acids is 1. The third kappa shape index (κ3) is 4.05. The summed E-state index contributed by atoms with van der Waals surface area (Å²) >= 11 is 4.51. The Morgan fingerprint density at radius 2 is 2.33 bits per heavy atom. The highest BCUT2D eigenvalue weighted by Gasteiger charge is 2.12. The summed E-state index contributed by atoms with van der Waals surface area (Å²) < 4.78 is 2.28. The molecule has 0 aliphatic heterocycles. The summed E-state index contributed by atoms with van der Waals surface area (Å²) in [5.74, 6) is -0.00794. The topological polar surface area (TPSA) is 90.1 Å². The molecule has 2 rings (SSSR count). The number of nitrogens with zero attached hydrogens (tertiary/aromatic N) is 3. The molecule has 0 radical (unpaired) electrons. The molecule has 0 saturated heterocycles. The second-order valence-corrected chi connectivity index (χ2v) is 5.88. The third-order valence-electron chi connectivity index (χ3n) is 2.55. The van der Waals surface area contributed by atoms with Crippen LogP contribution in [0.25, 0.3) is 0 Å². The van der Waals surface area contributed by atoms with Crippen LogP contribution in [0.3, 0.4) is 0 Å². The first-order chi connectivity index (χ1) is 9.97. The molecule has 0 atom stereocenters. The summed E-state index contributed by atoms with van der Waals surface area (Å²) in [5.41, 5.74) is 0.452. The molecule has 2 aromatic rings. The van der Waals surface area contributed by atoms with Crippen LogP contribution in [0.4, 0.5) is 11.4 Å². The van der Waals surface area contributed by atoms with Crippen molar-refractivity contribution < 1.29 is 9.72 Å². The maximum Gasteiger partial charge on any atom is 0.270 e. The van der Waals surface area contributed by atoms with Gasteiger partial charge in [-0.1, -0.05) is 11.8 Å². The number of carbonyl (C=O) groups is 1. The Hall–Kier alpha value is -1.87. The van der Waals surface area contributed by atoms with Gasteiger partial charge in [0.2, 0.25) is 5.91 Å². The third-order valence-corrected chi connectivity index (χ3v) is 4.26. The van der Waals surface area contributed by atoms with Crippen molar-refractivity contribution in [2.75, 3.05) is 11.1 Å². The molecule has 0 bridgehead atoms. The molecule has 1 N–H and O–H groups in total. The zero-order valence-corrected chi connectivity index (χ0v) is 13.3. The summed E-state index contributed by atoms with van der Waals surface area (Å²) in [6.45, 7) is 0. The van der Waals surface area contributed by atoms with Crippen molar-refractivity contribution in [1.82, 2.24) is 9.55 Å². The van der Waals surface area contributed by atoms with Crippen LogP contribution in [0.1, 0.15) is 0 Å². The Morgan fingerprint density at radius 1 is 1.57 bits per heavy atom. The van der Waals surface area contributed by atoms with Crippen molar-refractivity contribution in [1.29, 1.82) is 0 Å². The second-order valence-electron chi connectivity index (χ2n) is 4.08. The number of aromatic nitrogens is 2. The second kappa shape index (κ2) is 6.72. The van der Waals surface area contributed by atoms with Crippen LogP contribution in [0.2, 0.25) is 0 Å². The van der Waals surface area contributed by atoms with Gasteiger partial charge in [0.15, 0.2) is 5.16 Å². The zero-order valence-electron chi connectivity index (χ0n) is 10.9. The van der Waals surface area contributed by atoms with Crippen molar-refractivity contribution in [3.8, 4) is 0 Å². The maximum atomic E-state index is 11.9. The van der Waals surface area contributed by atoms with Gasteiger partial charge in [-0.05, 0) is 22.0 Å². The molecule has 0 aliphatic rings. The number of hydrogen-bond donors (Lipinski definition) is 1. The fourth-order valence-electron chi connectivity index (χ4n) is 1.53. The Balaban J connectivity index is 1.96. The largest absolute Gasteiger partial charge is 0.329 e. The molecule has 1 heterocycles. The molecule has 0 spiro atoms. The lowest BCUT2D eigenvalue weighted by molar-refractivity contribution is -0.384. The molecule has 1 aromatic heterocycles. The van der Waals surface area contributed by atoms with Crippen LogP contribution in [0.15, 0.2) is 40.2 Å². The van der Waals surface area contributed by atoms with Gasteiger partial charge in [0, 0.05) is 36.0 Å². The predicted octanol–water partition coefficient (Wildman–Crippen LogP) is 2.82. The van der Waals surface area contributed by atoms with E-state index in [1.807, 2.05) is 11.6 Å². The molecule has 0 fully saturated rings. The number of aryl methyl sites for hydroxylation is 1. The lowest BCUT2D eigenvalue weighted by Crippen LogP contribution is -2.14. The molecule has 110 valence electrons. The average molecular weight is 371 g/mol. The molecule has 7 nitrogen and oxygen atoms in total. The maximum absolute atomic E-state index is 11.9. The first kappa shape index (κ1) is 15.5. The number of nitro benzene ring substituents is 1. The molecular formula is C12H11BrN4O3S. The standard InChI is InChI=1S/C12H11BrN4O3S/c1-16-5-4-14-12(16)21-7-11(18)15-10-3-2-8(17(19)20)6-9(10)13/h2-6H,7H2,1H3,(H,15,18). The van der Waals surface area contributed by atoms with Crippen molar-refractivity contribution in [3.05, 3.63) is 45.2 Å². The number of non-ortho nitro benzene ring substituents is 1. The van der Waals surface area contributed by atoms with Gasteiger partial charge in [0.05, 0.1) is 16.4 Å². The van der Waals surface area contributed by atoms with Gasteiger partial charge in [0.25, 0.3) is 5.69 Å². The van der Waals surface area contributed by atoms with E-state index >= 15 is 0 Å². The van der Waals surface area contributed by atoms with Gasteiger partial charge < -0.3 is 9.88 Å². The fourth-order valence-corrected chi connectivity index (χ4v) is 2.72. The monoisotopic (exact) mass is 370 g/mol. The van der Waals surface area contributed by atoms with E-state index in [0.717, 1.165) is 5.16 Å². The molecule has 0 unspecified atom stereocenters. The number of rotatable bonds is 5. The van der Waals surface area contributed by atoms with E-state index in [1.54, 1.807) is 12.4 Å². The molecule has 0 aliphatic carbocycles. The molecule has 21 heavy (non-hydrogen) atoms. The van der Waals surface area contributed by atoms with Gasteiger partial charge >= 0.3 is 0 Å². The minimum Gasteiger partial charge on any atom is -0.329 e. The lowest BCUT2D eigenvalue weighted by atomic mass is 10.3. The normalized spacial score (nSPS) is 10.4. The highest BCUT2D eigenvalue weighted by molar-refractivity contribution is 9.10. The number of nitro groups is 1. The van der Waals surface area contributed by atoms with Gasteiger partial charge in [-0.25, -0.2) is 4.98 Å². The number of halogens is 1. The SMILES string of the molecule is Cn1ccnc1SCC(=O)Nc1ccc([N+](=O)[O-])cc1Br. The number of thioether (sulfide) groups is 1. The van der Waals surface area contributed by atoms with Crippen LogP contribution >= 0.6 is 27.7 Å². The van der Waals surface area contributed by atoms with E-state index in [4.69, 9.17) is 0 Å². The number of anilines is 1. The van der Waals surface area contributed by atoms with E-state index in [9.17, 15) is 14.9 Å². The first-order valence-electron chi connectivity index (χ1n) is 5.81. The number of hydrogen-bond acceptors (Lipinski definition) is 5. The summed E-state index contributed by atoms with van der Waals surface area (Å²) in [7, 11) is 1.85. The molecule has 1 aromatic carbocycles. The van der Waals surface area contributed by atoms with Gasteiger partial charge in [-0.2, -0.15) is 0 Å². The van der Waals surface area contributed by atoms with E-state index in [0.29, 0.717) is 10.2 Å².